The highest BCUT2D eigenvalue weighted by Crippen LogP contribution is 2.42. The van der Waals surface area contributed by atoms with Crippen LogP contribution in [0.1, 0.15) is 38.3 Å². The van der Waals surface area contributed by atoms with Crippen LogP contribution in [0, 0.1) is 5.41 Å². The van der Waals surface area contributed by atoms with Gasteiger partial charge in [-0.05, 0) is 24.7 Å². The summed E-state index contributed by atoms with van der Waals surface area (Å²) in [5, 5.41) is 9.94. The van der Waals surface area contributed by atoms with Crippen LogP contribution in [-0.2, 0) is 6.54 Å². The molecule has 1 aliphatic rings. The van der Waals surface area contributed by atoms with Gasteiger partial charge in [-0.15, -0.1) is 35.3 Å². The van der Waals surface area contributed by atoms with Crippen LogP contribution in [0.15, 0.2) is 10.4 Å². The number of rotatable bonds is 6. The van der Waals surface area contributed by atoms with E-state index < -0.39 is 0 Å². The van der Waals surface area contributed by atoms with Crippen LogP contribution in [0.2, 0.25) is 0 Å². The van der Waals surface area contributed by atoms with Gasteiger partial charge in [-0.1, -0.05) is 13.3 Å². The highest BCUT2D eigenvalue weighted by Gasteiger charge is 2.34. The van der Waals surface area contributed by atoms with Gasteiger partial charge in [0.1, 0.15) is 0 Å². The van der Waals surface area contributed by atoms with Crippen LogP contribution in [0.3, 0.4) is 0 Å². The van der Waals surface area contributed by atoms with Crippen LogP contribution in [0.5, 0.6) is 0 Å². The lowest BCUT2D eigenvalue weighted by Gasteiger charge is -2.41. The third kappa shape index (κ3) is 4.97. The van der Waals surface area contributed by atoms with E-state index in [9.17, 15) is 0 Å². The van der Waals surface area contributed by atoms with E-state index in [0.29, 0.717) is 12.0 Å². The molecule has 0 bridgehead atoms. The summed E-state index contributed by atoms with van der Waals surface area (Å²) in [6.45, 7) is 4.02. The van der Waals surface area contributed by atoms with Gasteiger partial charge in [-0.25, -0.2) is 4.98 Å². The van der Waals surface area contributed by atoms with Gasteiger partial charge in [-0.2, -0.15) is 0 Å². The molecule has 1 aromatic rings. The number of aliphatic imine (C=N–C) groups is 1. The highest BCUT2D eigenvalue weighted by atomic mass is 127. The molecule has 2 N–H and O–H groups in total. The maximum absolute atomic E-state index is 4.57. The predicted octanol–water partition coefficient (Wildman–Crippen LogP) is 3.07. The molecule has 2 rings (SSSR count). The molecule has 0 aliphatic heterocycles. The van der Waals surface area contributed by atoms with E-state index in [-0.39, 0.29) is 24.0 Å². The molecule has 1 heterocycles. The van der Waals surface area contributed by atoms with Crippen molar-refractivity contribution in [3.05, 3.63) is 11.1 Å². The summed E-state index contributed by atoms with van der Waals surface area (Å²) in [4.78, 5) is 10.9. The second-order valence-electron chi connectivity index (χ2n) is 6.00. The molecule has 5 nitrogen and oxygen atoms in total. The zero-order valence-electron chi connectivity index (χ0n) is 14.0. The first-order valence-electron chi connectivity index (χ1n) is 7.65. The molecule has 0 amide bonds. The minimum atomic E-state index is 0. The van der Waals surface area contributed by atoms with Crippen molar-refractivity contribution < 1.29 is 0 Å². The molecule has 1 aliphatic carbocycles. The second-order valence-corrected chi connectivity index (χ2v) is 6.84. The number of nitrogens with one attached hydrogen (secondary N) is 2. The van der Waals surface area contributed by atoms with Crippen molar-refractivity contribution in [3.8, 4) is 0 Å². The van der Waals surface area contributed by atoms with E-state index in [1.807, 2.05) is 26.0 Å². The Labute approximate surface area is 155 Å². The monoisotopic (exact) mass is 437 g/mol. The number of aromatic nitrogens is 1. The molecule has 0 unspecified atom stereocenters. The fourth-order valence-corrected chi connectivity index (χ4v) is 3.34. The Hall–Kier alpha value is -0.570. The fraction of sp³-hybridized carbons (Fsp3) is 0.733. The summed E-state index contributed by atoms with van der Waals surface area (Å²) >= 11 is 1.67. The van der Waals surface area contributed by atoms with Crippen LogP contribution >= 0.6 is 35.3 Å². The lowest BCUT2D eigenvalue weighted by molar-refractivity contribution is 0.131. The standard InChI is InChI=1S/C15H27N5S.HI/c1-5-15(7-6-8-15)11-18-13(16-2)17-9-12-10-21-14(19-12)20(3)4;/h10H,5-9,11H2,1-4H3,(H2,16,17,18);1H. The third-order valence-electron chi connectivity index (χ3n) is 4.38. The predicted molar refractivity (Wildman–Crippen MR) is 107 cm³/mol. The topological polar surface area (TPSA) is 52.6 Å². The summed E-state index contributed by atoms with van der Waals surface area (Å²) in [7, 11) is 5.85. The average molecular weight is 437 g/mol. The lowest BCUT2D eigenvalue weighted by Crippen LogP contribution is -2.46. The van der Waals surface area contributed by atoms with Crippen LogP contribution in [-0.4, -0.2) is 38.6 Å². The van der Waals surface area contributed by atoms with Gasteiger partial charge < -0.3 is 15.5 Å². The minimum absolute atomic E-state index is 0. The van der Waals surface area contributed by atoms with Crippen molar-refractivity contribution in [1.29, 1.82) is 0 Å². The van der Waals surface area contributed by atoms with Crippen molar-refractivity contribution in [1.82, 2.24) is 15.6 Å². The first-order chi connectivity index (χ1) is 10.1. The number of anilines is 1. The molecule has 0 atom stereocenters. The molecule has 0 spiro atoms. The summed E-state index contributed by atoms with van der Waals surface area (Å²) in [6.07, 6.45) is 5.29. The Bertz CT molecular complexity index is 477. The minimum Gasteiger partial charge on any atom is -0.356 e. The van der Waals surface area contributed by atoms with E-state index in [1.54, 1.807) is 11.3 Å². The van der Waals surface area contributed by atoms with Crippen LogP contribution < -0.4 is 15.5 Å². The molecular formula is C15H28IN5S. The van der Waals surface area contributed by atoms with Gasteiger partial charge in [0.15, 0.2) is 11.1 Å². The number of hydrogen-bond acceptors (Lipinski definition) is 4. The van der Waals surface area contributed by atoms with Gasteiger partial charge in [0.25, 0.3) is 0 Å². The molecule has 22 heavy (non-hydrogen) atoms. The zero-order valence-corrected chi connectivity index (χ0v) is 17.1. The average Bonchev–Trinajstić information content (AvgIpc) is 2.90. The molecule has 1 fully saturated rings. The summed E-state index contributed by atoms with van der Waals surface area (Å²) in [5.74, 6) is 0.870. The Morgan fingerprint density at radius 1 is 1.41 bits per heavy atom. The zero-order chi connectivity index (χ0) is 15.3. The first kappa shape index (κ1) is 19.5. The van der Waals surface area contributed by atoms with Crippen molar-refractivity contribution in [3.63, 3.8) is 0 Å². The fourth-order valence-electron chi connectivity index (χ4n) is 2.58. The highest BCUT2D eigenvalue weighted by molar-refractivity contribution is 14.0. The summed E-state index contributed by atoms with van der Waals surface area (Å²) < 4.78 is 0. The van der Waals surface area contributed by atoms with Gasteiger partial charge in [0.2, 0.25) is 0 Å². The van der Waals surface area contributed by atoms with Crippen molar-refractivity contribution in [2.75, 3.05) is 32.6 Å². The normalized spacial score (nSPS) is 16.5. The Kier molecular flexibility index (Phi) is 7.88. The van der Waals surface area contributed by atoms with Crippen molar-refractivity contribution >= 4 is 46.4 Å². The first-order valence-corrected chi connectivity index (χ1v) is 8.53. The molecule has 126 valence electrons. The van der Waals surface area contributed by atoms with Gasteiger partial charge >= 0.3 is 0 Å². The Balaban J connectivity index is 0.00000242. The number of guanidine groups is 1. The molecule has 0 aromatic carbocycles. The van der Waals surface area contributed by atoms with Gasteiger partial charge in [-0.3, -0.25) is 4.99 Å². The number of thiazole rings is 1. The van der Waals surface area contributed by atoms with Gasteiger partial charge in [0, 0.05) is 33.1 Å². The molecule has 0 saturated heterocycles. The molecule has 0 radical (unpaired) electrons. The quantitative estimate of drug-likeness (QED) is 0.408. The number of nitrogens with zero attached hydrogens (tertiary/aromatic N) is 3. The Morgan fingerprint density at radius 2 is 2.14 bits per heavy atom. The van der Waals surface area contributed by atoms with E-state index in [4.69, 9.17) is 0 Å². The number of halogens is 1. The molecule has 1 aromatic heterocycles. The van der Waals surface area contributed by atoms with Gasteiger partial charge in [0.05, 0.1) is 12.2 Å². The lowest BCUT2D eigenvalue weighted by atomic mass is 9.67. The van der Waals surface area contributed by atoms with E-state index in [2.05, 4.69) is 32.9 Å². The molecule has 1 saturated carbocycles. The molecule has 7 heteroatoms. The van der Waals surface area contributed by atoms with Crippen LogP contribution in [0.25, 0.3) is 0 Å². The third-order valence-corrected chi connectivity index (χ3v) is 5.43. The van der Waals surface area contributed by atoms with E-state index in [0.717, 1.165) is 23.3 Å². The van der Waals surface area contributed by atoms with Crippen molar-refractivity contribution in [2.24, 2.45) is 10.4 Å². The van der Waals surface area contributed by atoms with Crippen molar-refractivity contribution in [2.45, 2.75) is 39.2 Å². The van der Waals surface area contributed by atoms with Crippen LogP contribution in [0.4, 0.5) is 5.13 Å². The summed E-state index contributed by atoms with van der Waals surface area (Å²) in [5.41, 5.74) is 1.55. The smallest absolute Gasteiger partial charge is 0.191 e. The van der Waals surface area contributed by atoms with E-state index in [1.165, 1.54) is 25.7 Å². The second kappa shape index (κ2) is 8.90. The molecular weight excluding hydrogens is 409 g/mol. The maximum atomic E-state index is 4.57. The largest absolute Gasteiger partial charge is 0.356 e. The number of hydrogen-bond donors (Lipinski definition) is 2. The summed E-state index contributed by atoms with van der Waals surface area (Å²) in [6, 6.07) is 0. The van der Waals surface area contributed by atoms with E-state index >= 15 is 0 Å². The maximum Gasteiger partial charge on any atom is 0.191 e. The Morgan fingerprint density at radius 3 is 2.59 bits per heavy atom. The SMILES string of the molecule is CCC1(CNC(=NC)NCc2csc(N(C)C)n2)CCC1.I.